The normalized spacial score (nSPS) is 21.5. The number of nitrogens with two attached hydrogens (primary N) is 1. The molecule has 2 N–H and O–H groups in total. The third kappa shape index (κ3) is 3.04. The molecular weight excluding hydrogens is 258 g/mol. The smallest absolute Gasteiger partial charge is 0.0474 e. The van der Waals surface area contributed by atoms with E-state index >= 15 is 0 Å². The lowest BCUT2D eigenvalue weighted by Crippen LogP contribution is -2.57. The monoisotopic (exact) mass is 281 g/mol. The van der Waals surface area contributed by atoms with Crippen molar-refractivity contribution >= 4 is 17.3 Å². The summed E-state index contributed by atoms with van der Waals surface area (Å²) in [5.41, 5.74) is 8.29. The molecule has 1 aliphatic rings. The molecule has 0 amide bonds. The van der Waals surface area contributed by atoms with E-state index in [0.717, 1.165) is 30.2 Å². The van der Waals surface area contributed by atoms with Crippen LogP contribution in [0.4, 0.5) is 5.69 Å². The molecule has 1 aromatic rings. The van der Waals surface area contributed by atoms with E-state index in [1.54, 1.807) is 0 Å². The fourth-order valence-electron chi connectivity index (χ4n) is 2.54. The fourth-order valence-corrected chi connectivity index (χ4v) is 2.89. The summed E-state index contributed by atoms with van der Waals surface area (Å²) in [6, 6.07) is 6.20. The summed E-state index contributed by atoms with van der Waals surface area (Å²) < 4.78 is 0. The topological polar surface area (TPSA) is 32.5 Å². The van der Waals surface area contributed by atoms with Gasteiger partial charge >= 0.3 is 0 Å². The van der Waals surface area contributed by atoms with Gasteiger partial charge in [0.25, 0.3) is 0 Å². The van der Waals surface area contributed by atoms with Gasteiger partial charge < -0.3 is 10.6 Å². The van der Waals surface area contributed by atoms with Gasteiger partial charge in [0.15, 0.2) is 0 Å². The number of benzene rings is 1. The maximum absolute atomic E-state index is 6.33. The lowest BCUT2D eigenvalue weighted by atomic mass is 9.99. The SMILES string of the molecule is CC(N)c1ccc(N2CCN(C)C(C)(C)C2)cc1Cl. The van der Waals surface area contributed by atoms with Crippen LogP contribution < -0.4 is 10.6 Å². The van der Waals surface area contributed by atoms with Crippen molar-refractivity contribution in [3.63, 3.8) is 0 Å². The Balaban J connectivity index is 2.21. The minimum atomic E-state index is -0.0227. The van der Waals surface area contributed by atoms with Gasteiger partial charge in [-0.25, -0.2) is 0 Å². The summed E-state index contributed by atoms with van der Waals surface area (Å²) in [7, 11) is 2.18. The Morgan fingerprint density at radius 3 is 2.53 bits per heavy atom. The molecule has 1 aliphatic heterocycles. The highest BCUT2D eigenvalue weighted by atomic mass is 35.5. The Hall–Kier alpha value is -0.770. The molecule has 0 spiro atoms. The van der Waals surface area contributed by atoms with Gasteiger partial charge in [0.2, 0.25) is 0 Å². The summed E-state index contributed by atoms with van der Waals surface area (Å²) >= 11 is 6.33. The molecule has 1 saturated heterocycles. The Kier molecular flexibility index (Phi) is 4.09. The van der Waals surface area contributed by atoms with Crippen LogP contribution in [0.3, 0.4) is 0 Å². The van der Waals surface area contributed by atoms with Crippen LogP contribution in [0.5, 0.6) is 0 Å². The molecule has 0 aromatic heterocycles. The maximum Gasteiger partial charge on any atom is 0.0474 e. The molecule has 0 bridgehead atoms. The van der Waals surface area contributed by atoms with Crippen molar-refractivity contribution in [1.29, 1.82) is 0 Å². The highest BCUT2D eigenvalue weighted by Gasteiger charge is 2.31. The second kappa shape index (κ2) is 5.31. The van der Waals surface area contributed by atoms with Gasteiger partial charge in [-0.1, -0.05) is 17.7 Å². The molecule has 2 rings (SSSR count). The number of halogens is 1. The number of rotatable bonds is 2. The molecule has 0 radical (unpaired) electrons. The molecule has 0 saturated carbocycles. The van der Waals surface area contributed by atoms with Crippen molar-refractivity contribution < 1.29 is 0 Å². The van der Waals surface area contributed by atoms with Crippen molar-refractivity contribution in [2.24, 2.45) is 5.73 Å². The molecule has 3 nitrogen and oxygen atoms in total. The largest absolute Gasteiger partial charge is 0.368 e. The maximum atomic E-state index is 6.33. The van der Waals surface area contributed by atoms with Crippen LogP contribution in [0, 0.1) is 0 Å². The van der Waals surface area contributed by atoms with Crippen molar-refractivity contribution in [3.8, 4) is 0 Å². The molecule has 1 atom stereocenters. The first-order valence-corrected chi connectivity index (χ1v) is 7.20. The molecule has 1 fully saturated rings. The van der Waals surface area contributed by atoms with Crippen LogP contribution in [0.1, 0.15) is 32.4 Å². The number of hydrogen-bond donors (Lipinski definition) is 1. The lowest BCUT2D eigenvalue weighted by molar-refractivity contribution is 0.139. The number of likely N-dealkylation sites (N-methyl/N-ethyl adjacent to an activating group) is 1. The second-order valence-corrected chi connectivity index (χ2v) is 6.56. The van der Waals surface area contributed by atoms with Gasteiger partial charge in [-0.3, -0.25) is 4.90 Å². The van der Waals surface area contributed by atoms with Crippen LogP contribution in [-0.4, -0.2) is 37.1 Å². The number of hydrogen-bond acceptors (Lipinski definition) is 3. The zero-order valence-electron chi connectivity index (χ0n) is 12.3. The predicted molar refractivity (Wildman–Crippen MR) is 83.0 cm³/mol. The first-order valence-electron chi connectivity index (χ1n) is 6.82. The van der Waals surface area contributed by atoms with E-state index in [1.165, 1.54) is 5.69 Å². The lowest BCUT2D eigenvalue weighted by Gasteiger charge is -2.46. The van der Waals surface area contributed by atoms with E-state index in [4.69, 9.17) is 17.3 Å². The average Bonchev–Trinajstić information content (AvgIpc) is 2.32. The van der Waals surface area contributed by atoms with Crippen LogP contribution in [0.25, 0.3) is 0 Å². The number of anilines is 1. The predicted octanol–water partition coefficient (Wildman–Crippen LogP) is 2.89. The van der Waals surface area contributed by atoms with Crippen LogP contribution >= 0.6 is 11.6 Å². The summed E-state index contributed by atoms with van der Waals surface area (Å²) in [6.45, 7) is 9.62. The molecule has 0 aliphatic carbocycles. The minimum Gasteiger partial charge on any atom is -0.368 e. The molecule has 1 heterocycles. The van der Waals surface area contributed by atoms with E-state index in [-0.39, 0.29) is 11.6 Å². The van der Waals surface area contributed by atoms with E-state index in [2.05, 4.69) is 36.8 Å². The molecule has 1 unspecified atom stereocenters. The molecule has 4 heteroatoms. The number of nitrogens with zero attached hydrogens (tertiary/aromatic N) is 2. The molecule has 1 aromatic carbocycles. The molecule has 106 valence electrons. The summed E-state index contributed by atoms with van der Waals surface area (Å²) in [4.78, 5) is 4.80. The Labute approximate surface area is 121 Å². The van der Waals surface area contributed by atoms with Crippen molar-refractivity contribution in [3.05, 3.63) is 28.8 Å². The first kappa shape index (κ1) is 14.6. The standard InChI is InChI=1S/C15H24ClN3/c1-11(17)13-6-5-12(9-14(13)16)19-8-7-18(4)15(2,3)10-19/h5-6,9,11H,7-8,10,17H2,1-4H3. The van der Waals surface area contributed by atoms with Crippen molar-refractivity contribution in [2.45, 2.75) is 32.4 Å². The quantitative estimate of drug-likeness (QED) is 0.905. The van der Waals surface area contributed by atoms with Gasteiger partial charge in [-0.2, -0.15) is 0 Å². The summed E-state index contributed by atoms with van der Waals surface area (Å²) in [5.74, 6) is 0. The van der Waals surface area contributed by atoms with E-state index in [1.807, 2.05) is 19.1 Å². The van der Waals surface area contributed by atoms with Gasteiger partial charge in [0.1, 0.15) is 0 Å². The van der Waals surface area contributed by atoms with Crippen molar-refractivity contribution in [1.82, 2.24) is 4.90 Å². The van der Waals surface area contributed by atoms with Gasteiger partial charge in [-0.15, -0.1) is 0 Å². The average molecular weight is 282 g/mol. The number of piperazine rings is 1. The van der Waals surface area contributed by atoms with Gasteiger partial charge in [0.05, 0.1) is 0 Å². The second-order valence-electron chi connectivity index (χ2n) is 6.15. The van der Waals surface area contributed by atoms with Crippen LogP contribution in [0.15, 0.2) is 18.2 Å². The van der Waals surface area contributed by atoms with E-state index in [0.29, 0.717) is 0 Å². The molecular formula is C15H24ClN3. The Morgan fingerprint density at radius 1 is 1.32 bits per heavy atom. The highest BCUT2D eigenvalue weighted by molar-refractivity contribution is 6.31. The van der Waals surface area contributed by atoms with E-state index < -0.39 is 0 Å². The van der Waals surface area contributed by atoms with Gasteiger partial charge in [-0.05, 0) is 45.5 Å². The Bertz CT molecular complexity index is 457. The zero-order valence-corrected chi connectivity index (χ0v) is 13.0. The highest BCUT2D eigenvalue weighted by Crippen LogP contribution is 2.30. The first-order chi connectivity index (χ1) is 8.81. The van der Waals surface area contributed by atoms with Crippen molar-refractivity contribution in [2.75, 3.05) is 31.6 Å². The van der Waals surface area contributed by atoms with Crippen LogP contribution in [-0.2, 0) is 0 Å². The molecule has 19 heavy (non-hydrogen) atoms. The third-order valence-corrected chi connectivity index (χ3v) is 4.48. The third-order valence-electron chi connectivity index (χ3n) is 4.16. The Morgan fingerprint density at radius 2 is 2.00 bits per heavy atom. The summed E-state index contributed by atoms with van der Waals surface area (Å²) in [5, 5.41) is 0.768. The minimum absolute atomic E-state index is 0.0227. The zero-order chi connectivity index (χ0) is 14.2. The van der Waals surface area contributed by atoms with Crippen LogP contribution in [0.2, 0.25) is 5.02 Å². The van der Waals surface area contributed by atoms with E-state index in [9.17, 15) is 0 Å². The summed E-state index contributed by atoms with van der Waals surface area (Å²) in [6.07, 6.45) is 0. The van der Waals surface area contributed by atoms with Gasteiger partial charge in [0, 0.05) is 41.9 Å². The fraction of sp³-hybridized carbons (Fsp3) is 0.600.